The van der Waals surface area contributed by atoms with Crippen molar-refractivity contribution in [1.82, 2.24) is 4.90 Å². The van der Waals surface area contributed by atoms with Gasteiger partial charge in [0.15, 0.2) is 0 Å². The molecule has 1 aromatic rings. The summed E-state index contributed by atoms with van der Waals surface area (Å²) in [6.45, 7) is 2.56. The van der Waals surface area contributed by atoms with Gasteiger partial charge in [-0.1, -0.05) is 15.9 Å². The van der Waals surface area contributed by atoms with Crippen LogP contribution in [0.15, 0.2) is 22.7 Å². The number of nitrogens with zero attached hydrogens (tertiary/aromatic N) is 1. The molecule has 0 saturated carbocycles. The molecule has 5 heteroatoms. The first-order chi connectivity index (χ1) is 7.45. The van der Waals surface area contributed by atoms with Crippen LogP contribution in [0.1, 0.15) is 17.5 Å². The molecule has 1 heterocycles. The molecule has 0 bridgehead atoms. The second-order valence-electron chi connectivity index (χ2n) is 3.98. The summed E-state index contributed by atoms with van der Waals surface area (Å²) in [6, 6.07) is 4.08. The van der Waals surface area contributed by atoms with E-state index in [1.165, 1.54) is 6.07 Å². The van der Waals surface area contributed by atoms with Gasteiger partial charge in [0.1, 0.15) is 0 Å². The molecule has 1 aliphatic heterocycles. The SMILES string of the molecule is FC(F)(F)c1cc(Br)cc(CN2CCC2)c1. The molecule has 2 rings (SSSR count). The lowest BCUT2D eigenvalue weighted by molar-refractivity contribution is -0.137. The Hall–Kier alpha value is -0.550. The molecule has 0 aromatic heterocycles. The lowest BCUT2D eigenvalue weighted by Gasteiger charge is -2.30. The molecule has 16 heavy (non-hydrogen) atoms. The topological polar surface area (TPSA) is 3.24 Å². The van der Waals surface area contributed by atoms with Crippen molar-refractivity contribution in [3.05, 3.63) is 33.8 Å². The van der Waals surface area contributed by atoms with E-state index in [1.807, 2.05) is 0 Å². The predicted octanol–water partition coefficient (Wildman–Crippen LogP) is 3.67. The van der Waals surface area contributed by atoms with E-state index in [0.717, 1.165) is 25.6 Å². The maximum Gasteiger partial charge on any atom is 0.416 e. The van der Waals surface area contributed by atoms with Gasteiger partial charge in [-0.15, -0.1) is 0 Å². The molecule has 1 aliphatic rings. The zero-order valence-electron chi connectivity index (χ0n) is 8.52. The van der Waals surface area contributed by atoms with Gasteiger partial charge < -0.3 is 0 Å². The third-order valence-corrected chi connectivity index (χ3v) is 3.10. The highest BCUT2D eigenvalue weighted by Gasteiger charge is 2.31. The lowest BCUT2D eigenvalue weighted by atomic mass is 10.1. The van der Waals surface area contributed by atoms with E-state index in [4.69, 9.17) is 0 Å². The first-order valence-corrected chi connectivity index (χ1v) is 5.83. The molecule has 0 atom stereocenters. The van der Waals surface area contributed by atoms with Gasteiger partial charge >= 0.3 is 6.18 Å². The van der Waals surface area contributed by atoms with Crippen LogP contribution in [0.5, 0.6) is 0 Å². The van der Waals surface area contributed by atoms with Gasteiger partial charge in [-0.2, -0.15) is 13.2 Å². The van der Waals surface area contributed by atoms with Crippen molar-refractivity contribution in [3.63, 3.8) is 0 Å². The van der Waals surface area contributed by atoms with Crippen molar-refractivity contribution in [3.8, 4) is 0 Å². The molecule has 0 aliphatic carbocycles. The standard InChI is InChI=1S/C11H11BrF3N/c12-10-5-8(7-16-2-1-3-16)4-9(6-10)11(13,14)15/h4-6H,1-3,7H2. The zero-order valence-corrected chi connectivity index (χ0v) is 10.1. The number of hydrogen-bond acceptors (Lipinski definition) is 1. The molecule has 1 fully saturated rings. The highest BCUT2D eigenvalue weighted by atomic mass is 79.9. The van der Waals surface area contributed by atoms with Crippen LogP contribution in [0.2, 0.25) is 0 Å². The van der Waals surface area contributed by atoms with Crippen LogP contribution in [-0.2, 0) is 12.7 Å². The van der Waals surface area contributed by atoms with Gasteiger partial charge in [0.2, 0.25) is 0 Å². The Bertz CT molecular complexity index is 385. The summed E-state index contributed by atoms with van der Waals surface area (Å²) in [7, 11) is 0. The van der Waals surface area contributed by atoms with E-state index in [-0.39, 0.29) is 0 Å². The number of hydrogen-bond donors (Lipinski definition) is 0. The third kappa shape index (κ3) is 2.77. The van der Waals surface area contributed by atoms with E-state index < -0.39 is 11.7 Å². The van der Waals surface area contributed by atoms with E-state index in [1.54, 1.807) is 6.07 Å². The van der Waals surface area contributed by atoms with Crippen molar-refractivity contribution in [2.45, 2.75) is 19.1 Å². The Kier molecular flexibility index (Phi) is 3.26. The van der Waals surface area contributed by atoms with Gasteiger partial charge in [-0.3, -0.25) is 4.90 Å². The molecule has 0 N–H and O–H groups in total. The fourth-order valence-electron chi connectivity index (χ4n) is 1.70. The number of likely N-dealkylation sites (tertiary alicyclic amines) is 1. The van der Waals surface area contributed by atoms with Crippen LogP contribution in [-0.4, -0.2) is 18.0 Å². The minimum Gasteiger partial charge on any atom is -0.299 e. The molecule has 0 radical (unpaired) electrons. The average Bonchev–Trinajstić information content (AvgIpc) is 2.09. The molecule has 1 nitrogen and oxygen atoms in total. The molecule has 88 valence electrons. The minimum absolute atomic E-state index is 0.484. The maximum absolute atomic E-state index is 12.5. The second-order valence-corrected chi connectivity index (χ2v) is 4.89. The van der Waals surface area contributed by atoms with Crippen LogP contribution < -0.4 is 0 Å². The summed E-state index contributed by atoms with van der Waals surface area (Å²) in [5.41, 5.74) is 0.124. The highest BCUT2D eigenvalue weighted by Crippen LogP contribution is 2.32. The summed E-state index contributed by atoms with van der Waals surface area (Å²) in [6.07, 6.45) is -3.13. The van der Waals surface area contributed by atoms with Crippen molar-refractivity contribution in [2.24, 2.45) is 0 Å². The van der Waals surface area contributed by atoms with Crippen LogP contribution >= 0.6 is 15.9 Å². The number of rotatable bonds is 2. The number of benzene rings is 1. The number of alkyl halides is 3. The first-order valence-electron chi connectivity index (χ1n) is 5.04. The second kappa shape index (κ2) is 4.37. The Morgan fingerprint density at radius 2 is 1.88 bits per heavy atom. The Labute approximate surface area is 100 Å². The summed E-state index contributed by atoms with van der Waals surface area (Å²) in [4.78, 5) is 2.13. The zero-order chi connectivity index (χ0) is 11.8. The van der Waals surface area contributed by atoms with Gasteiger partial charge in [-0.25, -0.2) is 0 Å². The minimum atomic E-state index is -4.27. The molecule has 0 unspecified atom stereocenters. The average molecular weight is 294 g/mol. The quantitative estimate of drug-likeness (QED) is 0.804. The van der Waals surface area contributed by atoms with Crippen LogP contribution in [0.4, 0.5) is 13.2 Å². The number of halogens is 4. The Morgan fingerprint density at radius 3 is 2.38 bits per heavy atom. The van der Waals surface area contributed by atoms with Crippen molar-refractivity contribution < 1.29 is 13.2 Å². The summed E-state index contributed by atoms with van der Waals surface area (Å²) in [5, 5.41) is 0. The molecule has 1 aromatic carbocycles. The van der Waals surface area contributed by atoms with E-state index in [2.05, 4.69) is 20.8 Å². The molecular formula is C11H11BrF3N. The van der Waals surface area contributed by atoms with Crippen LogP contribution in [0, 0.1) is 0 Å². The fourth-order valence-corrected chi connectivity index (χ4v) is 2.24. The normalized spacial score (nSPS) is 17.2. The van der Waals surface area contributed by atoms with Crippen molar-refractivity contribution in [2.75, 3.05) is 13.1 Å². The highest BCUT2D eigenvalue weighted by molar-refractivity contribution is 9.10. The van der Waals surface area contributed by atoms with Crippen molar-refractivity contribution in [1.29, 1.82) is 0 Å². The van der Waals surface area contributed by atoms with E-state index in [0.29, 0.717) is 16.6 Å². The summed E-state index contributed by atoms with van der Waals surface area (Å²) >= 11 is 3.12. The Morgan fingerprint density at radius 1 is 1.19 bits per heavy atom. The molecular weight excluding hydrogens is 283 g/mol. The molecule has 0 spiro atoms. The summed E-state index contributed by atoms with van der Waals surface area (Å²) in [5.74, 6) is 0. The van der Waals surface area contributed by atoms with Crippen LogP contribution in [0.25, 0.3) is 0 Å². The Balaban J connectivity index is 2.21. The van der Waals surface area contributed by atoms with Gasteiger partial charge in [0, 0.05) is 11.0 Å². The maximum atomic E-state index is 12.5. The van der Waals surface area contributed by atoms with E-state index >= 15 is 0 Å². The lowest BCUT2D eigenvalue weighted by Crippen LogP contribution is -2.36. The van der Waals surface area contributed by atoms with Gasteiger partial charge in [-0.05, 0) is 43.3 Å². The van der Waals surface area contributed by atoms with Crippen LogP contribution in [0.3, 0.4) is 0 Å². The largest absolute Gasteiger partial charge is 0.416 e. The van der Waals surface area contributed by atoms with E-state index in [9.17, 15) is 13.2 Å². The first kappa shape index (κ1) is 11.9. The fraction of sp³-hybridized carbons (Fsp3) is 0.455. The van der Waals surface area contributed by atoms with Gasteiger partial charge in [0.05, 0.1) is 5.56 Å². The monoisotopic (exact) mass is 293 g/mol. The molecule has 1 saturated heterocycles. The third-order valence-electron chi connectivity index (χ3n) is 2.64. The predicted molar refractivity (Wildman–Crippen MR) is 59.0 cm³/mol. The van der Waals surface area contributed by atoms with Crippen molar-refractivity contribution >= 4 is 15.9 Å². The summed E-state index contributed by atoms with van der Waals surface area (Å²) < 4.78 is 38.1. The van der Waals surface area contributed by atoms with Gasteiger partial charge in [0.25, 0.3) is 0 Å². The smallest absolute Gasteiger partial charge is 0.299 e. The molecule has 0 amide bonds.